The number of halogens is 1. The molecule has 0 aliphatic heterocycles. The zero-order valence-corrected chi connectivity index (χ0v) is 11.3. The van der Waals surface area contributed by atoms with Crippen molar-refractivity contribution in [2.45, 2.75) is 32.9 Å². The van der Waals surface area contributed by atoms with Gasteiger partial charge in [-0.15, -0.1) is 0 Å². The minimum atomic E-state index is 0.145. The maximum atomic E-state index is 5.18. The number of ether oxygens (including phenoxy) is 1. The highest BCUT2D eigenvalue weighted by Crippen LogP contribution is 2.25. The lowest BCUT2D eigenvalue weighted by Crippen LogP contribution is -2.35. The van der Waals surface area contributed by atoms with Crippen LogP contribution in [-0.2, 0) is 6.54 Å². The fraction of sp³-hybridized carbons (Fsp3) is 0.500. The second-order valence-electron chi connectivity index (χ2n) is 4.57. The molecular formula is C12H18BrNO. The fourth-order valence-corrected chi connectivity index (χ4v) is 1.78. The smallest absolute Gasteiger partial charge is 0.133 e. The molecule has 0 saturated carbocycles. The van der Waals surface area contributed by atoms with Crippen LogP contribution in [0.25, 0.3) is 0 Å². The van der Waals surface area contributed by atoms with E-state index >= 15 is 0 Å². The Kier molecular flexibility index (Phi) is 4.17. The lowest BCUT2D eigenvalue weighted by Gasteiger charge is -2.20. The van der Waals surface area contributed by atoms with Crippen LogP contribution in [-0.4, -0.2) is 12.6 Å². The van der Waals surface area contributed by atoms with Crippen molar-refractivity contribution in [2.24, 2.45) is 0 Å². The number of methoxy groups -OCH3 is 1. The topological polar surface area (TPSA) is 21.3 Å². The van der Waals surface area contributed by atoms with E-state index in [4.69, 9.17) is 4.74 Å². The lowest BCUT2D eigenvalue weighted by molar-refractivity contribution is 0.410. The number of rotatable bonds is 3. The second-order valence-corrected chi connectivity index (χ2v) is 5.43. The maximum Gasteiger partial charge on any atom is 0.133 e. The summed E-state index contributed by atoms with van der Waals surface area (Å²) in [4.78, 5) is 0. The molecule has 0 aromatic heterocycles. The molecule has 1 aromatic carbocycles. The molecule has 0 atom stereocenters. The van der Waals surface area contributed by atoms with Gasteiger partial charge in [0.25, 0.3) is 0 Å². The molecule has 3 heteroatoms. The standard InChI is InChI=1S/C12H18BrNO/c1-12(2,3)14-8-9-5-6-11(15-4)10(13)7-9/h5-7,14H,8H2,1-4H3. The summed E-state index contributed by atoms with van der Waals surface area (Å²) in [5.74, 6) is 0.870. The van der Waals surface area contributed by atoms with E-state index in [0.717, 1.165) is 16.8 Å². The summed E-state index contributed by atoms with van der Waals surface area (Å²) in [7, 11) is 1.67. The third kappa shape index (κ3) is 4.22. The Morgan fingerprint density at radius 2 is 2.00 bits per heavy atom. The summed E-state index contributed by atoms with van der Waals surface area (Å²) >= 11 is 3.47. The maximum absolute atomic E-state index is 5.18. The molecule has 0 bridgehead atoms. The molecule has 0 amide bonds. The van der Waals surface area contributed by atoms with Crippen molar-refractivity contribution in [1.82, 2.24) is 5.32 Å². The van der Waals surface area contributed by atoms with E-state index in [0.29, 0.717) is 0 Å². The molecule has 2 nitrogen and oxygen atoms in total. The Bertz CT molecular complexity index is 331. The highest BCUT2D eigenvalue weighted by atomic mass is 79.9. The van der Waals surface area contributed by atoms with E-state index in [2.05, 4.69) is 54.2 Å². The summed E-state index contributed by atoms with van der Waals surface area (Å²) in [6.45, 7) is 7.34. The molecule has 15 heavy (non-hydrogen) atoms. The van der Waals surface area contributed by atoms with E-state index < -0.39 is 0 Å². The van der Waals surface area contributed by atoms with Crippen LogP contribution in [0.3, 0.4) is 0 Å². The Labute approximate surface area is 100 Å². The number of benzene rings is 1. The van der Waals surface area contributed by atoms with Gasteiger partial charge in [0, 0.05) is 12.1 Å². The van der Waals surface area contributed by atoms with Crippen LogP contribution in [0.2, 0.25) is 0 Å². The van der Waals surface area contributed by atoms with Crippen molar-refractivity contribution in [3.63, 3.8) is 0 Å². The Morgan fingerprint density at radius 3 is 2.47 bits per heavy atom. The highest BCUT2D eigenvalue weighted by molar-refractivity contribution is 9.10. The van der Waals surface area contributed by atoms with E-state index in [1.165, 1.54) is 5.56 Å². The average molecular weight is 272 g/mol. The van der Waals surface area contributed by atoms with Gasteiger partial charge in [0.15, 0.2) is 0 Å². The van der Waals surface area contributed by atoms with Crippen molar-refractivity contribution < 1.29 is 4.74 Å². The van der Waals surface area contributed by atoms with Crippen molar-refractivity contribution in [1.29, 1.82) is 0 Å². The summed E-state index contributed by atoms with van der Waals surface area (Å²) in [6, 6.07) is 6.13. The Morgan fingerprint density at radius 1 is 1.33 bits per heavy atom. The molecular weight excluding hydrogens is 254 g/mol. The Hall–Kier alpha value is -0.540. The SMILES string of the molecule is COc1ccc(CNC(C)(C)C)cc1Br. The van der Waals surface area contributed by atoms with Gasteiger partial charge in [0.05, 0.1) is 11.6 Å². The van der Waals surface area contributed by atoms with Crippen LogP contribution in [0, 0.1) is 0 Å². The third-order valence-corrected chi connectivity index (χ3v) is 2.66. The minimum Gasteiger partial charge on any atom is -0.496 e. The predicted octanol–water partition coefficient (Wildman–Crippen LogP) is 3.35. The highest BCUT2D eigenvalue weighted by Gasteiger charge is 2.09. The van der Waals surface area contributed by atoms with Crippen LogP contribution >= 0.6 is 15.9 Å². The van der Waals surface area contributed by atoms with Crippen molar-refractivity contribution in [3.8, 4) is 5.75 Å². The van der Waals surface area contributed by atoms with Crippen LogP contribution in [0.15, 0.2) is 22.7 Å². The first kappa shape index (κ1) is 12.5. The summed E-state index contributed by atoms with van der Waals surface area (Å²) in [5.41, 5.74) is 1.39. The average Bonchev–Trinajstić information content (AvgIpc) is 2.14. The van der Waals surface area contributed by atoms with E-state index in [-0.39, 0.29) is 5.54 Å². The van der Waals surface area contributed by atoms with Crippen molar-refractivity contribution >= 4 is 15.9 Å². The van der Waals surface area contributed by atoms with Gasteiger partial charge >= 0.3 is 0 Å². The Balaban J connectivity index is 2.68. The first-order valence-corrected chi connectivity index (χ1v) is 5.79. The third-order valence-electron chi connectivity index (χ3n) is 2.04. The molecule has 0 saturated heterocycles. The first-order chi connectivity index (χ1) is 6.92. The molecule has 0 aliphatic rings. The van der Waals surface area contributed by atoms with Gasteiger partial charge in [0.2, 0.25) is 0 Å². The summed E-state index contributed by atoms with van der Waals surface area (Å²) < 4.78 is 6.18. The number of hydrogen-bond donors (Lipinski definition) is 1. The molecule has 1 rings (SSSR count). The molecule has 0 fully saturated rings. The second kappa shape index (κ2) is 4.99. The molecule has 1 N–H and O–H groups in total. The molecule has 0 unspecified atom stereocenters. The van der Waals surface area contributed by atoms with E-state index in [9.17, 15) is 0 Å². The van der Waals surface area contributed by atoms with Gasteiger partial charge in [-0.05, 0) is 54.4 Å². The van der Waals surface area contributed by atoms with Crippen LogP contribution in [0.1, 0.15) is 26.3 Å². The zero-order chi connectivity index (χ0) is 11.5. The number of nitrogens with one attached hydrogen (secondary N) is 1. The molecule has 0 aliphatic carbocycles. The van der Waals surface area contributed by atoms with Gasteiger partial charge in [-0.2, -0.15) is 0 Å². The molecule has 0 heterocycles. The molecule has 0 radical (unpaired) electrons. The lowest BCUT2D eigenvalue weighted by atomic mass is 10.1. The quantitative estimate of drug-likeness (QED) is 0.911. The normalized spacial score (nSPS) is 11.5. The zero-order valence-electron chi connectivity index (χ0n) is 9.73. The van der Waals surface area contributed by atoms with Crippen LogP contribution in [0.5, 0.6) is 5.75 Å². The van der Waals surface area contributed by atoms with Crippen LogP contribution < -0.4 is 10.1 Å². The summed E-state index contributed by atoms with van der Waals surface area (Å²) in [6.07, 6.45) is 0. The number of hydrogen-bond acceptors (Lipinski definition) is 2. The summed E-state index contributed by atoms with van der Waals surface area (Å²) in [5, 5.41) is 3.44. The van der Waals surface area contributed by atoms with Gasteiger partial charge in [-0.25, -0.2) is 0 Å². The molecule has 84 valence electrons. The molecule has 1 aromatic rings. The van der Waals surface area contributed by atoms with E-state index in [1.54, 1.807) is 7.11 Å². The van der Waals surface area contributed by atoms with Gasteiger partial charge in [-0.1, -0.05) is 6.07 Å². The van der Waals surface area contributed by atoms with Crippen molar-refractivity contribution in [3.05, 3.63) is 28.2 Å². The van der Waals surface area contributed by atoms with Crippen molar-refractivity contribution in [2.75, 3.05) is 7.11 Å². The van der Waals surface area contributed by atoms with Crippen LogP contribution in [0.4, 0.5) is 0 Å². The fourth-order valence-electron chi connectivity index (χ4n) is 1.19. The first-order valence-electron chi connectivity index (χ1n) is 5.00. The van der Waals surface area contributed by atoms with Gasteiger partial charge in [-0.3, -0.25) is 0 Å². The van der Waals surface area contributed by atoms with Gasteiger partial charge < -0.3 is 10.1 Å². The largest absolute Gasteiger partial charge is 0.496 e. The minimum absolute atomic E-state index is 0.145. The van der Waals surface area contributed by atoms with E-state index in [1.807, 2.05) is 6.07 Å². The predicted molar refractivity (Wildman–Crippen MR) is 67.3 cm³/mol. The monoisotopic (exact) mass is 271 g/mol. The van der Waals surface area contributed by atoms with Gasteiger partial charge in [0.1, 0.15) is 5.75 Å². The molecule has 0 spiro atoms.